The first kappa shape index (κ1) is 30.7. The predicted octanol–water partition coefficient (Wildman–Crippen LogP) is 8.89. The van der Waals surface area contributed by atoms with Crippen LogP contribution in [0.4, 0.5) is 13.2 Å². The standard InChI is InChI=1S/C29H28BF3N2.C6H8O/c1-13-9-14(2)24(15(3)10-13)27-28-17(5)16(4)19(7)34(28)30-35-20(8)25(18(6)29(27)35)26-22(32)11-21(31)12-23(26)33;1-2-3-4-5-6-7/h9-12H,1-8H3;2-7H,1H2/q+1;/b;4-3-,6-5+. The maximum absolute atomic E-state index is 15.0. The molecule has 3 heterocycles. The minimum Gasteiger partial charge on any atom is -0.516 e. The lowest BCUT2D eigenvalue weighted by molar-refractivity contribution is -0.315. The summed E-state index contributed by atoms with van der Waals surface area (Å²) in [5.74, 6) is -2.72. The Morgan fingerprint density at radius 1 is 0.786 bits per heavy atom. The van der Waals surface area contributed by atoms with E-state index in [9.17, 15) is 13.2 Å². The van der Waals surface area contributed by atoms with E-state index in [0.717, 1.165) is 63.3 Å². The van der Waals surface area contributed by atoms with Crippen molar-refractivity contribution >= 4 is 18.8 Å². The largest absolute Gasteiger partial charge is 0.699 e. The van der Waals surface area contributed by atoms with Gasteiger partial charge in [0.15, 0.2) is 11.4 Å². The number of aryl methyl sites for hydroxylation is 3. The smallest absolute Gasteiger partial charge is 0.516 e. The number of aliphatic hydroxyl groups excluding tert-OH is 1. The Morgan fingerprint density at radius 3 is 1.93 bits per heavy atom. The molecule has 0 aliphatic carbocycles. The van der Waals surface area contributed by atoms with Crippen molar-refractivity contribution in [2.75, 3.05) is 0 Å². The third kappa shape index (κ3) is 5.13. The third-order valence-electron chi connectivity index (χ3n) is 8.09. The maximum Gasteiger partial charge on any atom is 0.699 e. The van der Waals surface area contributed by atoms with Gasteiger partial charge in [-0.25, -0.2) is 13.2 Å². The summed E-state index contributed by atoms with van der Waals surface area (Å²) in [4.78, 5) is 0. The highest BCUT2D eigenvalue weighted by atomic mass is 19.1. The van der Waals surface area contributed by atoms with Crippen LogP contribution < -0.4 is 0 Å². The van der Waals surface area contributed by atoms with Gasteiger partial charge in [-0.1, -0.05) is 42.5 Å². The predicted molar refractivity (Wildman–Crippen MR) is 167 cm³/mol. The topological polar surface area (TPSA) is 28.2 Å². The number of hydrogen-bond acceptors (Lipinski definition) is 1. The molecule has 0 atom stereocenters. The monoisotopic (exact) mass is 568 g/mol. The minimum atomic E-state index is -0.926. The van der Waals surface area contributed by atoms with Gasteiger partial charge in [-0.05, 0) is 76.8 Å². The van der Waals surface area contributed by atoms with E-state index in [1.54, 1.807) is 18.2 Å². The normalized spacial score (nSPS) is 14.5. The van der Waals surface area contributed by atoms with Crippen molar-refractivity contribution in [2.24, 2.45) is 0 Å². The molecule has 7 heteroatoms. The molecule has 1 aromatic heterocycles. The van der Waals surface area contributed by atoms with Crippen LogP contribution in [-0.4, -0.2) is 27.3 Å². The summed E-state index contributed by atoms with van der Waals surface area (Å²) in [7, 11) is 2.01. The lowest BCUT2D eigenvalue weighted by atomic mass is 9.84. The van der Waals surface area contributed by atoms with Crippen LogP contribution in [0, 0.1) is 52.1 Å². The Hall–Kier alpha value is -4.26. The number of fused-ring (bicyclic) bond motifs is 2. The molecule has 2 aliphatic rings. The van der Waals surface area contributed by atoms with Crippen LogP contribution in [0.1, 0.15) is 60.0 Å². The quantitative estimate of drug-likeness (QED) is 0.190. The van der Waals surface area contributed by atoms with Crippen LogP contribution in [0.2, 0.25) is 0 Å². The van der Waals surface area contributed by atoms with Crippen LogP contribution in [0.5, 0.6) is 0 Å². The zero-order valence-corrected chi connectivity index (χ0v) is 25.5. The molecule has 3 aromatic rings. The van der Waals surface area contributed by atoms with E-state index in [-0.39, 0.29) is 5.56 Å². The van der Waals surface area contributed by atoms with E-state index in [2.05, 4.69) is 64.7 Å². The molecule has 0 saturated heterocycles. The second-order valence-electron chi connectivity index (χ2n) is 10.8. The average Bonchev–Trinajstić information content (AvgIpc) is 3.28. The second-order valence-corrected chi connectivity index (χ2v) is 10.8. The maximum atomic E-state index is 15.0. The first-order valence-electron chi connectivity index (χ1n) is 13.8. The summed E-state index contributed by atoms with van der Waals surface area (Å²) in [6.45, 7) is 19.8. The van der Waals surface area contributed by atoms with E-state index in [1.165, 1.54) is 22.8 Å². The average molecular weight is 568 g/mol. The van der Waals surface area contributed by atoms with E-state index in [4.69, 9.17) is 5.11 Å². The molecule has 1 N–H and O–H groups in total. The first-order valence-corrected chi connectivity index (χ1v) is 13.8. The summed E-state index contributed by atoms with van der Waals surface area (Å²) in [5.41, 5.74) is 12.9. The Labute approximate surface area is 247 Å². The van der Waals surface area contributed by atoms with Crippen LogP contribution in [0.3, 0.4) is 0 Å². The number of benzene rings is 2. The first-order chi connectivity index (χ1) is 19.8. The lowest BCUT2D eigenvalue weighted by Gasteiger charge is -2.23. The number of aliphatic hydroxyl groups is 1. The van der Waals surface area contributed by atoms with Gasteiger partial charge >= 0.3 is 7.55 Å². The van der Waals surface area contributed by atoms with Gasteiger partial charge in [-0.15, -0.1) is 0 Å². The van der Waals surface area contributed by atoms with Crippen LogP contribution in [0.25, 0.3) is 16.7 Å². The highest BCUT2D eigenvalue weighted by Crippen LogP contribution is 2.46. The summed E-state index contributed by atoms with van der Waals surface area (Å²) in [5, 5.41) is 8.03. The minimum absolute atomic E-state index is 0.192. The molecule has 0 spiro atoms. The van der Waals surface area contributed by atoms with Gasteiger partial charge in [0.05, 0.1) is 23.1 Å². The summed E-state index contributed by atoms with van der Waals surface area (Å²) < 4.78 is 47.9. The van der Waals surface area contributed by atoms with Crippen molar-refractivity contribution < 1.29 is 22.8 Å². The van der Waals surface area contributed by atoms with Crippen LogP contribution >= 0.6 is 0 Å². The second kappa shape index (κ2) is 11.9. The van der Waals surface area contributed by atoms with Gasteiger partial charge in [0.25, 0.3) is 0 Å². The fourth-order valence-corrected chi connectivity index (χ4v) is 6.12. The molecule has 1 radical (unpaired) electrons. The van der Waals surface area contributed by atoms with Crippen molar-refractivity contribution in [1.82, 2.24) is 4.48 Å². The Morgan fingerprint density at radius 2 is 1.38 bits per heavy atom. The van der Waals surface area contributed by atoms with Gasteiger partial charge in [0.1, 0.15) is 17.5 Å². The van der Waals surface area contributed by atoms with Crippen LogP contribution in [-0.2, 0) is 0 Å². The molecule has 42 heavy (non-hydrogen) atoms. The van der Waals surface area contributed by atoms with Crippen molar-refractivity contribution in [1.29, 1.82) is 0 Å². The van der Waals surface area contributed by atoms with Gasteiger partial charge in [-0.2, -0.15) is 0 Å². The van der Waals surface area contributed by atoms with Gasteiger partial charge < -0.3 is 9.58 Å². The Balaban J connectivity index is 0.000000517. The van der Waals surface area contributed by atoms with Crippen LogP contribution in [0.15, 0.2) is 78.3 Å². The molecule has 0 fully saturated rings. The molecule has 2 aliphatic heterocycles. The van der Waals surface area contributed by atoms with Gasteiger partial charge in [0, 0.05) is 41.5 Å². The van der Waals surface area contributed by atoms with Gasteiger partial charge in [0.2, 0.25) is 0 Å². The molecule has 0 amide bonds. The number of nitrogens with zero attached hydrogens (tertiary/aromatic N) is 2. The highest BCUT2D eigenvalue weighted by Gasteiger charge is 2.44. The fourth-order valence-electron chi connectivity index (χ4n) is 6.12. The summed E-state index contributed by atoms with van der Waals surface area (Å²) in [6.07, 6.45) is 7.54. The molecule has 0 bridgehead atoms. The number of hydrogen-bond donors (Lipinski definition) is 1. The number of aromatic nitrogens is 1. The van der Waals surface area contributed by atoms with E-state index in [1.807, 2.05) is 25.9 Å². The zero-order valence-electron chi connectivity index (χ0n) is 25.5. The molecule has 5 rings (SSSR count). The molecular formula is C35H36BF3N2O+. The third-order valence-corrected chi connectivity index (χ3v) is 8.09. The Kier molecular flexibility index (Phi) is 8.72. The van der Waals surface area contributed by atoms with E-state index < -0.39 is 17.5 Å². The molecular weight excluding hydrogens is 532 g/mol. The lowest BCUT2D eigenvalue weighted by Crippen LogP contribution is -2.32. The van der Waals surface area contributed by atoms with Crippen molar-refractivity contribution in [2.45, 2.75) is 55.4 Å². The summed E-state index contributed by atoms with van der Waals surface area (Å²) >= 11 is 0. The highest BCUT2D eigenvalue weighted by molar-refractivity contribution is 6.30. The van der Waals surface area contributed by atoms with E-state index >= 15 is 0 Å². The molecule has 2 aromatic carbocycles. The van der Waals surface area contributed by atoms with Crippen molar-refractivity contribution in [3.63, 3.8) is 0 Å². The Bertz CT molecular complexity index is 1740. The molecule has 0 unspecified atom stereocenters. The SMILES string of the molecule is C=C/C=C\C=C\O.CC1=C(C)C(C)=[N+]2[B]n3c(C)c(-c4c(F)cc(F)cc4F)c(C)c3C(c3c(C)cc(C)cc3C)=C12. The zero-order chi connectivity index (χ0) is 31.0. The van der Waals surface area contributed by atoms with Crippen molar-refractivity contribution in [3.8, 4) is 11.1 Å². The van der Waals surface area contributed by atoms with E-state index in [0.29, 0.717) is 11.3 Å². The number of allylic oxidation sites excluding steroid dienone is 6. The number of rotatable bonds is 4. The molecule has 215 valence electrons. The number of halogens is 3. The molecule has 3 nitrogen and oxygen atoms in total. The van der Waals surface area contributed by atoms with Crippen molar-refractivity contribution in [3.05, 3.63) is 135 Å². The van der Waals surface area contributed by atoms with Gasteiger partial charge in [-0.3, -0.25) is 4.49 Å². The molecule has 0 saturated carbocycles. The summed E-state index contributed by atoms with van der Waals surface area (Å²) in [6, 6.07) is 5.84. The fraction of sp³-hybridized carbons (Fsp3) is 0.229.